The van der Waals surface area contributed by atoms with E-state index in [2.05, 4.69) is 32.5 Å². The van der Waals surface area contributed by atoms with Gasteiger partial charge in [0, 0.05) is 17.2 Å². The number of thioether (sulfide) groups is 1. The van der Waals surface area contributed by atoms with Crippen molar-refractivity contribution in [1.82, 2.24) is 4.98 Å². The van der Waals surface area contributed by atoms with E-state index >= 15 is 0 Å². The third kappa shape index (κ3) is 5.07. The molecule has 0 saturated heterocycles. The van der Waals surface area contributed by atoms with Gasteiger partial charge in [0.25, 0.3) is 0 Å². The number of anilines is 2. The molecule has 0 unspecified atom stereocenters. The van der Waals surface area contributed by atoms with Gasteiger partial charge in [-0.3, -0.25) is 0 Å². The second-order valence-corrected chi connectivity index (χ2v) is 5.47. The molecule has 0 atom stereocenters. The van der Waals surface area contributed by atoms with Crippen molar-refractivity contribution >= 4 is 39.2 Å². The Labute approximate surface area is 110 Å². The Bertz CT molecular complexity index is 320. The van der Waals surface area contributed by atoms with E-state index in [0.29, 0.717) is 5.69 Å². The van der Waals surface area contributed by atoms with E-state index in [0.717, 1.165) is 23.3 Å². The highest BCUT2D eigenvalue weighted by Crippen LogP contribution is 2.19. The molecule has 16 heavy (non-hydrogen) atoms. The van der Waals surface area contributed by atoms with E-state index in [-0.39, 0.29) is 0 Å². The molecule has 0 aliphatic heterocycles. The number of nitrogen functional groups attached to an aromatic ring is 1. The number of pyridine rings is 1. The number of aromatic nitrogens is 1. The summed E-state index contributed by atoms with van der Waals surface area (Å²) in [4.78, 5) is 4.22. The average molecular weight is 304 g/mol. The van der Waals surface area contributed by atoms with Crippen LogP contribution in [0, 0.1) is 0 Å². The van der Waals surface area contributed by atoms with Crippen molar-refractivity contribution < 1.29 is 0 Å². The Kier molecular flexibility index (Phi) is 6.64. The maximum absolute atomic E-state index is 5.83. The van der Waals surface area contributed by atoms with Gasteiger partial charge >= 0.3 is 0 Å². The van der Waals surface area contributed by atoms with Crippen LogP contribution in [0.5, 0.6) is 0 Å². The molecule has 90 valence electrons. The number of unbranched alkanes of at least 4 members (excludes halogenated alkanes) is 2. The maximum Gasteiger partial charge on any atom is 0.149 e. The molecule has 3 nitrogen and oxygen atoms in total. The summed E-state index contributed by atoms with van der Waals surface area (Å²) < 4.78 is 0.913. The van der Waals surface area contributed by atoms with Gasteiger partial charge in [0.15, 0.2) is 0 Å². The summed E-state index contributed by atoms with van der Waals surface area (Å²) in [6.45, 7) is 0.938. The summed E-state index contributed by atoms with van der Waals surface area (Å²) in [7, 11) is 0. The number of hydrogen-bond donors (Lipinski definition) is 2. The first-order valence-corrected chi connectivity index (χ1v) is 7.56. The number of rotatable bonds is 7. The van der Waals surface area contributed by atoms with Crippen molar-refractivity contribution in [2.75, 3.05) is 29.6 Å². The summed E-state index contributed by atoms with van der Waals surface area (Å²) in [6, 6.07) is 1.86. The normalized spacial score (nSPS) is 10.4. The zero-order valence-corrected chi connectivity index (χ0v) is 11.9. The van der Waals surface area contributed by atoms with E-state index in [4.69, 9.17) is 5.73 Å². The van der Waals surface area contributed by atoms with Crippen LogP contribution >= 0.6 is 27.7 Å². The lowest BCUT2D eigenvalue weighted by molar-refractivity contribution is 0.748. The van der Waals surface area contributed by atoms with E-state index in [1.54, 1.807) is 6.20 Å². The highest BCUT2D eigenvalue weighted by molar-refractivity contribution is 9.10. The van der Waals surface area contributed by atoms with Crippen LogP contribution in [0.3, 0.4) is 0 Å². The van der Waals surface area contributed by atoms with E-state index in [9.17, 15) is 0 Å². The predicted octanol–water partition coefficient (Wildman–Crippen LogP) is 3.37. The van der Waals surface area contributed by atoms with Gasteiger partial charge in [0.2, 0.25) is 0 Å². The van der Waals surface area contributed by atoms with E-state index in [1.165, 1.54) is 18.6 Å². The topological polar surface area (TPSA) is 50.9 Å². The fourth-order valence-corrected chi connectivity index (χ4v) is 2.20. The lowest BCUT2D eigenvalue weighted by Crippen LogP contribution is -2.06. The van der Waals surface area contributed by atoms with Gasteiger partial charge in [-0.05, 0) is 46.8 Å². The molecule has 1 aromatic heterocycles. The SMILES string of the molecule is CSCCCCCNc1ncc(Br)cc1N. The minimum Gasteiger partial charge on any atom is -0.396 e. The van der Waals surface area contributed by atoms with Gasteiger partial charge in [-0.15, -0.1) is 0 Å². The molecular formula is C11H18BrN3S. The minimum atomic E-state index is 0.693. The van der Waals surface area contributed by atoms with Gasteiger partial charge in [-0.25, -0.2) is 4.98 Å². The van der Waals surface area contributed by atoms with Gasteiger partial charge < -0.3 is 11.1 Å². The lowest BCUT2D eigenvalue weighted by Gasteiger charge is -2.08. The molecule has 0 fully saturated rings. The highest BCUT2D eigenvalue weighted by atomic mass is 79.9. The van der Waals surface area contributed by atoms with E-state index < -0.39 is 0 Å². The fraction of sp³-hybridized carbons (Fsp3) is 0.545. The minimum absolute atomic E-state index is 0.693. The summed E-state index contributed by atoms with van der Waals surface area (Å²) in [5.74, 6) is 2.03. The predicted molar refractivity (Wildman–Crippen MR) is 77.1 cm³/mol. The van der Waals surface area contributed by atoms with Crippen molar-refractivity contribution in [1.29, 1.82) is 0 Å². The molecule has 1 rings (SSSR count). The molecule has 0 bridgehead atoms. The first kappa shape index (κ1) is 13.6. The molecule has 0 radical (unpaired) electrons. The Morgan fingerprint density at radius 2 is 2.25 bits per heavy atom. The van der Waals surface area contributed by atoms with Crippen LogP contribution in [0.1, 0.15) is 19.3 Å². The second-order valence-electron chi connectivity index (χ2n) is 3.57. The van der Waals surface area contributed by atoms with Crippen molar-refractivity contribution in [3.63, 3.8) is 0 Å². The standard InChI is InChI=1S/C11H18BrN3S/c1-16-6-4-2-3-5-14-11-10(13)7-9(12)8-15-11/h7-8H,2-6,13H2,1H3,(H,14,15). The maximum atomic E-state index is 5.83. The second kappa shape index (κ2) is 7.79. The third-order valence-electron chi connectivity index (χ3n) is 2.20. The molecule has 1 heterocycles. The Balaban J connectivity index is 2.21. The molecule has 0 aliphatic rings. The smallest absolute Gasteiger partial charge is 0.149 e. The van der Waals surface area contributed by atoms with Gasteiger partial charge in [-0.2, -0.15) is 11.8 Å². The van der Waals surface area contributed by atoms with Gasteiger partial charge in [0.1, 0.15) is 5.82 Å². The van der Waals surface area contributed by atoms with Crippen LogP contribution in [0.25, 0.3) is 0 Å². The Morgan fingerprint density at radius 3 is 2.94 bits per heavy atom. The van der Waals surface area contributed by atoms with Crippen molar-refractivity contribution in [3.8, 4) is 0 Å². The first-order valence-electron chi connectivity index (χ1n) is 5.38. The Hall–Kier alpha value is -0.420. The first-order chi connectivity index (χ1) is 7.74. The average Bonchev–Trinajstić information content (AvgIpc) is 2.26. The van der Waals surface area contributed by atoms with Crippen molar-refractivity contribution in [3.05, 3.63) is 16.7 Å². The van der Waals surface area contributed by atoms with Gasteiger partial charge in [-0.1, -0.05) is 6.42 Å². The van der Waals surface area contributed by atoms with Gasteiger partial charge in [0.05, 0.1) is 5.69 Å². The quantitative estimate of drug-likeness (QED) is 0.758. The molecule has 0 spiro atoms. The summed E-state index contributed by atoms with van der Waals surface area (Å²) in [5.41, 5.74) is 6.52. The number of nitrogens with zero attached hydrogens (tertiary/aromatic N) is 1. The summed E-state index contributed by atoms with van der Waals surface area (Å²) in [6.07, 6.45) is 7.60. The van der Waals surface area contributed by atoms with E-state index in [1.807, 2.05) is 17.8 Å². The third-order valence-corrected chi connectivity index (χ3v) is 3.33. The van der Waals surface area contributed by atoms with Crippen LogP contribution in [0.2, 0.25) is 0 Å². The summed E-state index contributed by atoms with van der Waals surface area (Å²) in [5, 5.41) is 3.25. The number of nitrogens with one attached hydrogen (secondary N) is 1. The zero-order valence-electron chi connectivity index (χ0n) is 9.50. The van der Waals surface area contributed by atoms with Crippen LogP contribution in [-0.4, -0.2) is 23.5 Å². The lowest BCUT2D eigenvalue weighted by atomic mass is 10.2. The largest absolute Gasteiger partial charge is 0.396 e. The molecule has 5 heteroatoms. The Morgan fingerprint density at radius 1 is 1.44 bits per heavy atom. The fourth-order valence-electron chi connectivity index (χ4n) is 1.36. The number of hydrogen-bond acceptors (Lipinski definition) is 4. The van der Waals surface area contributed by atoms with Crippen LogP contribution < -0.4 is 11.1 Å². The van der Waals surface area contributed by atoms with Crippen LogP contribution in [0.4, 0.5) is 11.5 Å². The molecule has 1 aromatic rings. The van der Waals surface area contributed by atoms with Crippen molar-refractivity contribution in [2.24, 2.45) is 0 Å². The molecule has 0 saturated carbocycles. The highest BCUT2D eigenvalue weighted by Gasteiger charge is 2.00. The zero-order chi connectivity index (χ0) is 11.8. The molecule has 0 amide bonds. The number of nitrogens with two attached hydrogens (primary N) is 1. The van der Waals surface area contributed by atoms with Crippen molar-refractivity contribution in [2.45, 2.75) is 19.3 Å². The molecule has 3 N–H and O–H groups in total. The van der Waals surface area contributed by atoms with Crippen LogP contribution in [0.15, 0.2) is 16.7 Å². The molecule has 0 aromatic carbocycles. The summed E-state index contributed by atoms with van der Waals surface area (Å²) >= 11 is 5.24. The van der Waals surface area contributed by atoms with Crippen LogP contribution in [-0.2, 0) is 0 Å². The number of halogens is 1. The molecule has 0 aliphatic carbocycles. The molecular weight excluding hydrogens is 286 g/mol. The monoisotopic (exact) mass is 303 g/mol.